The number of hydrogen-bond donors (Lipinski definition) is 1. The fourth-order valence-corrected chi connectivity index (χ4v) is 3.27. The van der Waals surface area contributed by atoms with Crippen molar-refractivity contribution in [3.63, 3.8) is 0 Å². The SMILES string of the molecule is Cc1ccccc1-n1ncc(C(C)NC(=O)c2ccc3c(c2)no[n+]3[O-])c1C. The minimum Gasteiger partial charge on any atom is -0.359 e. The van der Waals surface area contributed by atoms with Crippen LogP contribution in [0.1, 0.15) is 40.1 Å². The number of nitrogens with zero attached hydrogens (tertiary/aromatic N) is 4. The van der Waals surface area contributed by atoms with Crippen LogP contribution in [-0.4, -0.2) is 20.8 Å². The minimum absolute atomic E-state index is 0.247. The number of amides is 1. The first-order chi connectivity index (χ1) is 13.5. The van der Waals surface area contributed by atoms with Crippen LogP contribution in [0.4, 0.5) is 0 Å². The van der Waals surface area contributed by atoms with Crippen LogP contribution >= 0.6 is 0 Å². The molecule has 0 aliphatic rings. The lowest BCUT2D eigenvalue weighted by molar-refractivity contribution is -0.782. The summed E-state index contributed by atoms with van der Waals surface area (Å²) < 4.78 is 6.42. The third kappa shape index (κ3) is 2.98. The standard InChI is InChI=1S/C20H19N5O3/c1-12-6-4-5-7-18(12)24-14(3)16(11-21-24)13(2)22-20(26)15-8-9-19-17(10-15)23-28-25(19)27/h4-11,13H,1-3H3,(H,22,26). The van der Waals surface area contributed by atoms with E-state index in [0.29, 0.717) is 16.0 Å². The maximum absolute atomic E-state index is 12.6. The monoisotopic (exact) mass is 377 g/mol. The molecule has 1 atom stereocenters. The molecule has 0 bridgehead atoms. The molecule has 0 saturated carbocycles. The highest BCUT2D eigenvalue weighted by molar-refractivity contribution is 5.97. The summed E-state index contributed by atoms with van der Waals surface area (Å²) in [6.45, 7) is 5.92. The average molecular weight is 377 g/mol. The van der Waals surface area contributed by atoms with Gasteiger partial charge in [0.25, 0.3) is 5.91 Å². The predicted molar refractivity (Wildman–Crippen MR) is 102 cm³/mol. The van der Waals surface area contributed by atoms with E-state index in [4.69, 9.17) is 0 Å². The van der Waals surface area contributed by atoms with Crippen LogP contribution in [-0.2, 0) is 0 Å². The first kappa shape index (κ1) is 17.7. The molecule has 0 fully saturated rings. The van der Waals surface area contributed by atoms with Crippen molar-refractivity contribution < 1.29 is 14.3 Å². The molecular formula is C20H19N5O3. The van der Waals surface area contributed by atoms with Crippen LogP contribution in [0.5, 0.6) is 0 Å². The highest BCUT2D eigenvalue weighted by Gasteiger charge is 2.19. The van der Waals surface area contributed by atoms with Gasteiger partial charge in [-0.1, -0.05) is 18.2 Å². The van der Waals surface area contributed by atoms with Crippen molar-refractivity contribution in [1.29, 1.82) is 0 Å². The largest absolute Gasteiger partial charge is 0.359 e. The number of para-hydroxylation sites is 1. The molecule has 4 aromatic rings. The number of rotatable bonds is 4. The first-order valence-corrected chi connectivity index (χ1v) is 8.86. The number of fused-ring (bicyclic) bond motifs is 1. The number of carbonyl (C=O) groups excluding carboxylic acids is 1. The Balaban J connectivity index is 1.57. The van der Waals surface area contributed by atoms with Gasteiger partial charge in [-0.15, -0.1) is 0 Å². The number of benzene rings is 2. The first-order valence-electron chi connectivity index (χ1n) is 8.86. The van der Waals surface area contributed by atoms with Crippen molar-refractivity contribution in [2.45, 2.75) is 26.8 Å². The van der Waals surface area contributed by atoms with Gasteiger partial charge in [0.05, 0.1) is 17.9 Å². The Hall–Kier alpha value is -3.68. The molecular weight excluding hydrogens is 358 g/mol. The van der Waals surface area contributed by atoms with Gasteiger partial charge in [0, 0.05) is 28.0 Å². The van der Waals surface area contributed by atoms with E-state index in [0.717, 1.165) is 22.5 Å². The van der Waals surface area contributed by atoms with E-state index in [1.165, 1.54) is 12.1 Å². The van der Waals surface area contributed by atoms with E-state index >= 15 is 0 Å². The van der Waals surface area contributed by atoms with E-state index in [9.17, 15) is 10.0 Å². The van der Waals surface area contributed by atoms with Gasteiger partial charge in [-0.05, 0) is 49.4 Å². The van der Waals surface area contributed by atoms with Gasteiger partial charge in [0.2, 0.25) is 11.0 Å². The van der Waals surface area contributed by atoms with Crippen molar-refractivity contribution in [3.8, 4) is 5.69 Å². The van der Waals surface area contributed by atoms with E-state index in [2.05, 4.69) is 20.2 Å². The molecule has 0 saturated heterocycles. The van der Waals surface area contributed by atoms with E-state index in [1.54, 1.807) is 12.3 Å². The minimum atomic E-state index is -0.266. The van der Waals surface area contributed by atoms with E-state index in [1.807, 2.05) is 49.7 Å². The fourth-order valence-electron chi connectivity index (χ4n) is 3.27. The van der Waals surface area contributed by atoms with Crippen LogP contribution in [0.3, 0.4) is 0 Å². The Kier molecular flexibility index (Phi) is 4.31. The topological polar surface area (TPSA) is 99.9 Å². The smallest absolute Gasteiger partial charge is 0.251 e. The predicted octanol–water partition coefficient (Wildman–Crippen LogP) is 2.75. The molecule has 8 heteroatoms. The zero-order chi connectivity index (χ0) is 19.8. The number of nitrogens with one attached hydrogen (secondary N) is 1. The molecule has 0 aliphatic carbocycles. The van der Waals surface area contributed by atoms with Gasteiger partial charge < -0.3 is 10.5 Å². The Morgan fingerprint density at radius 2 is 2.04 bits per heavy atom. The highest BCUT2D eigenvalue weighted by Crippen LogP contribution is 2.22. The number of carbonyl (C=O) groups is 1. The van der Waals surface area contributed by atoms with Crippen LogP contribution in [0.25, 0.3) is 16.7 Å². The Labute approximate surface area is 160 Å². The van der Waals surface area contributed by atoms with Crippen molar-refractivity contribution in [2.75, 3.05) is 0 Å². The molecule has 28 heavy (non-hydrogen) atoms. The van der Waals surface area contributed by atoms with Gasteiger partial charge in [0.15, 0.2) is 0 Å². The normalized spacial score (nSPS) is 12.2. The summed E-state index contributed by atoms with van der Waals surface area (Å²) in [4.78, 5) is 12.9. The zero-order valence-corrected chi connectivity index (χ0v) is 15.7. The van der Waals surface area contributed by atoms with Gasteiger partial charge in [0.1, 0.15) is 0 Å². The summed E-state index contributed by atoms with van der Waals surface area (Å²) in [6, 6.07) is 12.4. The average Bonchev–Trinajstić information content (AvgIpc) is 3.25. The van der Waals surface area contributed by atoms with Crippen molar-refractivity contribution in [2.24, 2.45) is 0 Å². The molecule has 0 radical (unpaired) electrons. The molecule has 2 aromatic heterocycles. The highest BCUT2D eigenvalue weighted by atomic mass is 16.8. The lowest BCUT2D eigenvalue weighted by Gasteiger charge is -2.14. The number of aryl methyl sites for hydroxylation is 1. The number of hydrogen-bond acceptors (Lipinski definition) is 5. The van der Waals surface area contributed by atoms with Gasteiger partial charge >= 0.3 is 0 Å². The summed E-state index contributed by atoms with van der Waals surface area (Å²) in [5.41, 5.74) is 5.02. The summed E-state index contributed by atoms with van der Waals surface area (Å²) in [6.07, 6.45) is 1.77. The fraction of sp³-hybridized carbons (Fsp3) is 0.200. The molecule has 8 nitrogen and oxygen atoms in total. The Bertz CT molecular complexity index is 1180. The van der Waals surface area contributed by atoms with Gasteiger partial charge in [-0.3, -0.25) is 9.42 Å². The van der Waals surface area contributed by atoms with Crippen LogP contribution in [0, 0.1) is 19.1 Å². The molecule has 1 unspecified atom stereocenters. The van der Waals surface area contributed by atoms with Crippen molar-refractivity contribution in [3.05, 3.63) is 76.3 Å². The molecule has 1 amide bonds. The third-order valence-electron chi connectivity index (χ3n) is 4.85. The van der Waals surface area contributed by atoms with Crippen molar-refractivity contribution in [1.82, 2.24) is 20.3 Å². The Morgan fingerprint density at radius 1 is 1.25 bits per heavy atom. The molecule has 142 valence electrons. The molecule has 2 heterocycles. The second-order valence-electron chi connectivity index (χ2n) is 6.71. The third-order valence-corrected chi connectivity index (χ3v) is 4.85. The van der Waals surface area contributed by atoms with Crippen LogP contribution in [0.15, 0.2) is 53.3 Å². The Morgan fingerprint density at radius 3 is 2.82 bits per heavy atom. The van der Waals surface area contributed by atoms with Gasteiger partial charge in [-0.2, -0.15) is 5.10 Å². The molecule has 2 aromatic carbocycles. The summed E-state index contributed by atoms with van der Waals surface area (Å²) in [5.74, 6) is -0.266. The zero-order valence-electron chi connectivity index (χ0n) is 15.7. The van der Waals surface area contributed by atoms with E-state index in [-0.39, 0.29) is 17.5 Å². The summed E-state index contributed by atoms with van der Waals surface area (Å²) in [5, 5.41) is 22.5. The van der Waals surface area contributed by atoms with Crippen molar-refractivity contribution >= 4 is 16.9 Å². The summed E-state index contributed by atoms with van der Waals surface area (Å²) in [7, 11) is 0. The summed E-state index contributed by atoms with van der Waals surface area (Å²) >= 11 is 0. The van der Waals surface area contributed by atoms with Crippen LogP contribution in [0.2, 0.25) is 0 Å². The molecule has 0 spiro atoms. The molecule has 1 N–H and O–H groups in total. The maximum Gasteiger partial charge on any atom is 0.251 e. The maximum atomic E-state index is 12.6. The van der Waals surface area contributed by atoms with Crippen LogP contribution < -0.4 is 10.2 Å². The molecule has 0 aliphatic heterocycles. The second-order valence-corrected chi connectivity index (χ2v) is 6.71. The molecule has 4 rings (SSSR count). The van der Waals surface area contributed by atoms with Gasteiger partial charge in [-0.25, -0.2) is 4.68 Å². The lowest BCUT2D eigenvalue weighted by atomic mass is 10.1. The second kappa shape index (κ2) is 6.80. The van der Waals surface area contributed by atoms with E-state index < -0.39 is 0 Å². The lowest BCUT2D eigenvalue weighted by Crippen LogP contribution is -2.27. The number of aromatic nitrogens is 4. The quantitative estimate of drug-likeness (QED) is 0.551.